The van der Waals surface area contributed by atoms with Crippen molar-refractivity contribution in [2.45, 2.75) is 31.6 Å². The SMILES string of the molecule is CC(OCC(O)CNC1CCS(=O)(=O)C1)c1ccccc1. The minimum atomic E-state index is -2.88. The van der Waals surface area contributed by atoms with Gasteiger partial charge < -0.3 is 15.2 Å². The van der Waals surface area contributed by atoms with Crippen LogP contribution in [0.3, 0.4) is 0 Å². The minimum absolute atomic E-state index is 0.0452. The Bertz CT molecular complexity index is 532. The highest BCUT2D eigenvalue weighted by molar-refractivity contribution is 7.91. The molecule has 1 aromatic carbocycles. The van der Waals surface area contributed by atoms with Crippen molar-refractivity contribution >= 4 is 9.84 Å². The van der Waals surface area contributed by atoms with Gasteiger partial charge in [0, 0.05) is 12.6 Å². The predicted octanol–water partition coefficient (Wildman–Crippen LogP) is 0.902. The molecule has 0 saturated carbocycles. The molecule has 0 spiro atoms. The van der Waals surface area contributed by atoms with Crippen LogP contribution in [-0.4, -0.2) is 50.3 Å². The van der Waals surface area contributed by atoms with Crippen LogP contribution in [0, 0.1) is 0 Å². The summed E-state index contributed by atoms with van der Waals surface area (Å²) in [6.45, 7) is 2.52. The molecule has 1 aliphatic heterocycles. The molecule has 21 heavy (non-hydrogen) atoms. The van der Waals surface area contributed by atoms with Gasteiger partial charge in [-0.15, -0.1) is 0 Å². The monoisotopic (exact) mass is 313 g/mol. The number of hydrogen-bond donors (Lipinski definition) is 2. The van der Waals surface area contributed by atoms with Crippen LogP contribution in [0.5, 0.6) is 0 Å². The molecule has 1 fully saturated rings. The Hall–Kier alpha value is -0.950. The summed E-state index contributed by atoms with van der Waals surface area (Å²) >= 11 is 0. The van der Waals surface area contributed by atoms with Gasteiger partial charge in [-0.25, -0.2) is 8.42 Å². The highest BCUT2D eigenvalue weighted by atomic mass is 32.2. The van der Waals surface area contributed by atoms with Crippen LogP contribution in [0.2, 0.25) is 0 Å². The van der Waals surface area contributed by atoms with Gasteiger partial charge in [0.05, 0.1) is 30.3 Å². The summed E-state index contributed by atoms with van der Waals surface area (Å²) in [5, 5.41) is 13.0. The zero-order valence-electron chi connectivity index (χ0n) is 12.2. The van der Waals surface area contributed by atoms with Crippen LogP contribution in [0.15, 0.2) is 30.3 Å². The molecule has 1 aromatic rings. The largest absolute Gasteiger partial charge is 0.389 e. The molecule has 6 heteroatoms. The number of ether oxygens (including phenoxy) is 1. The number of sulfone groups is 1. The van der Waals surface area contributed by atoms with Crippen molar-refractivity contribution in [1.29, 1.82) is 0 Å². The average Bonchev–Trinajstić information content (AvgIpc) is 2.83. The Labute approximate surface area is 126 Å². The van der Waals surface area contributed by atoms with E-state index in [1.54, 1.807) is 0 Å². The lowest BCUT2D eigenvalue weighted by atomic mass is 10.1. The number of aliphatic hydroxyl groups is 1. The maximum Gasteiger partial charge on any atom is 0.151 e. The van der Waals surface area contributed by atoms with Crippen LogP contribution in [-0.2, 0) is 14.6 Å². The molecule has 0 bridgehead atoms. The van der Waals surface area contributed by atoms with E-state index in [1.807, 2.05) is 37.3 Å². The van der Waals surface area contributed by atoms with E-state index in [2.05, 4.69) is 5.32 Å². The zero-order chi connectivity index (χ0) is 15.3. The molecule has 118 valence electrons. The van der Waals surface area contributed by atoms with E-state index in [1.165, 1.54) is 0 Å². The van der Waals surface area contributed by atoms with Crippen molar-refractivity contribution < 1.29 is 18.3 Å². The van der Waals surface area contributed by atoms with Crippen molar-refractivity contribution in [3.05, 3.63) is 35.9 Å². The van der Waals surface area contributed by atoms with Crippen LogP contribution in [0.1, 0.15) is 25.0 Å². The molecule has 0 radical (unpaired) electrons. The molecule has 2 rings (SSSR count). The minimum Gasteiger partial charge on any atom is -0.389 e. The van der Waals surface area contributed by atoms with Gasteiger partial charge in [0.25, 0.3) is 0 Å². The molecule has 1 heterocycles. The second kappa shape index (κ2) is 7.35. The quantitative estimate of drug-likeness (QED) is 0.782. The van der Waals surface area contributed by atoms with Gasteiger partial charge in [0.1, 0.15) is 0 Å². The van der Waals surface area contributed by atoms with Crippen molar-refractivity contribution in [2.75, 3.05) is 24.7 Å². The average molecular weight is 313 g/mol. The molecule has 0 aliphatic carbocycles. The Kier molecular flexibility index (Phi) is 5.75. The third-order valence-electron chi connectivity index (χ3n) is 3.68. The summed E-state index contributed by atoms with van der Waals surface area (Å²) in [5.74, 6) is 0.406. The fourth-order valence-corrected chi connectivity index (χ4v) is 4.10. The van der Waals surface area contributed by atoms with Crippen LogP contribution < -0.4 is 5.32 Å². The highest BCUT2D eigenvalue weighted by Gasteiger charge is 2.27. The normalized spacial score (nSPS) is 23.8. The fourth-order valence-electron chi connectivity index (χ4n) is 2.39. The van der Waals surface area contributed by atoms with Gasteiger partial charge in [0.15, 0.2) is 9.84 Å². The summed E-state index contributed by atoms with van der Waals surface area (Å²) in [7, 11) is -2.88. The van der Waals surface area contributed by atoms with Gasteiger partial charge in [-0.1, -0.05) is 30.3 Å². The lowest BCUT2D eigenvalue weighted by molar-refractivity contribution is -0.00267. The molecule has 5 nitrogen and oxygen atoms in total. The second-order valence-electron chi connectivity index (χ2n) is 5.55. The molecule has 3 atom stereocenters. The van der Waals surface area contributed by atoms with Gasteiger partial charge in [-0.05, 0) is 18.9 Å². The summed E-state index contributed by atoms with van der Waals surface area (Å²) in [5.41, 5.74) is 1.07. The molecular formula is C15H23NO4S. The molecular weight excluding hydrogens is 290 g/mol. The van der Waals surface area contributed by atoms with E-state index in [9.17, 15) is 13.5 Å². The second-order valence-corrected chi connectivity index (χ2v) is 7.78. The molecule has 0 aromatic heterocycles. The van der Waals surface area contributed by atoms with Crippen LogP contribution in [0.25, 0.3) is 0 Å². The Morgan fingerprint density at radius 1 is 1.38 bits per heavy atom. The van der Waals surface area contributed by atoms with Gasteiger partial charge in [0.2, 0.25) is 0 Å². The van der Waals surface area contributed by atoms with E-state index in [0.29, 0.717) is 13.0 Å². The van der Waals surface area contributed by atoms with E-state index >= 15 is 0 Å². The Morgan fingerprint density at radius 2 is 2.10 bits per heavy atom. The van der Waals surface area contributed by atoms with E-state index < -0.39 is 15.9 Å². The maximum absolute atomic E-state index is 11.3. The molecule has 1 saturated heterocycles. The Balaban J connectivity index is 1.67. The number of hydrogen-bond acceptors (Lipinski definition) is 5. The van der Waals surface area contributed by atoms with Crippen LogP contribution in [0.4, 0.5) is 0 Å². The number of rotatable bonds is 7. The zero-order valence-corrected chi connectivity index (χ0v) is 13.1. The van der Waals surface area contributed by atoms with Crippen molar-refractivity contribution in [2.24, 2.45) is 0 Å². The topological polar surface area (TPSA) is 75.6 Å². The first-order valence-electron chi connectivity index (χ1n) is 7.25. The van der Waals surface area contributed by atoms with E-state index in [-0.39, 0.29) is 30.3 Å². The molecule has 2 N–H and O–H groups in total. The van der Waals surface area contributed by atoms with Crippen molar-refractivity contribution in [3.63, 3.8) is 0 Å². The lowest BCUT2D eigenvalue weighted by Crippen LogP contribution is -2.38. The van der Waals surface area contributed by atoms with E-state index in [4.69, 9.17) is 4.74 Å². The van der Waals surface area contributed by atoms with Crippen LogP contribution >= 0.6 is 0 Å². The molecule has 3 unspecified atom stereocenters. The third-order valence-corrected chi connectivity index (χ3v) is 5.45. The fraction of sp³-hybridized carbons (Fsp3) is 0.600. The summed E-state index contributed by atoms with van der Waals surface area (Å²) in [6, 6.07) is 9.78. The number of benzene rings is 1. The number of nitrogens with one attached hydrogen (secondary N) is 1. The lowest BCUT2D eigenvalue weighted by Gasteiger charge is -2.18. The first kappa shape index (κ1) is 16.4. The van der Waals surface area contributed by atoms with Gasteiger partial charge in [-0.3, -0.25) is 0 Å². The van der Waals surface area contributed by atoms with Crippen molar-refractivity contribution in [3.8, 4) is 0 Å². The summed E-state index contributed by atoms with van der Waals surface area (Å²) in [4.78, 5) is 0. The number of aliphatic hydroxyl groups excluding tert-OH is 1. The molecule has 1 aliphatic rings. The Morgan fingerprint density at radius 3 is 2.71 bits per heavy atom. The van der Waals surface area contributed by atoms with Gasteiger partial charge >= 0.3 is 0 Å². The van der Waals surface area contributed by atoms with Crippen molar-refractivity contribution in [1.82, 2.24) is 5.32 Å². The third kappa shape index (κ3) is 5.39. The smallest absolute Gasteiger partial charge is 0.151 e. The summed E-state index contributed by atoms with van der Waals surface area (Å²) < 4.78 is 28.3. The maximum atomic E-state index is 11.3. The highest BCUT2D eigenvalue weighted by Crippen LogP contribution is 2.16. The first-order valence-corrected chi connectivity index (χ1v) is 9.07. The first-order chi connectivity index (χ1) is 9.96. The summed E-state index contributed by atoms with van der Waals surface area (Å²) in [6.07, 6.45) is -0.0942. The van der Waals surface area contributed by atoms with E-state index in [0.717, 1.165) is 5.56 Å². The predicted molar refractivity (Wildman–Crippen MR) is 81.9 cm³/mol. The molecule has 0 amide bonds. The van der Waals surface area contributed by atoms with Gasteiger partial charge in [-0.2, -0.15) is 0 Å². The standard InChI is InChI=1S/C15H23NO4S/c1-12(13-5-3-2-4-6-13)20-10-15(17)9-16-14-7-8-21(18,19)11-14/h2-6,12,14-17H,7-11H2,1H3.